The zero-order valence-electron chi connectivity index (χ0n) is 13.2. The second kappa shape index (κ2) is 7.12. The van der Waals surface area contributed by atoms with E-state index in [9.17, 15) is 14.9 Å². The van der Waals surface area contributed by atoms with Gasteiger partial charge in [-0.15, -0.1) is 0 Å². The number of carbonyl (C=O) groups excluding carboxylic acids is 1. The van der Waals surface area contributed by atoms with Crippen molar-refractivity contribution in [3.8, 4) is 0 Å². The molecule has 1 saturated heterocycles. The number of benzene rings is 2. The molecule has 6 nitrogen and oxygen atoms in total. The molecule has 0 atom stereocenters. The van der Waals surface area contributed by atoms with E-state index in [0.29, 0.717) is 0 Å². The van der Waals surface area contributed by atoms with Gasteiger partial charge in [0.05, 0.1) is 4.92 Å². The molecule has 0 spiro atoms. The van der Waals surface area contributed by atoms with E-state index in [1.807, 2.05) is 30.3 Å². The molecule has 124 valence electrons. The summed E-state index contributed by atoms with van der Waals surface area (Å²) in [5.74, 6) is 0.0593. The Morgan fingerprint density at radius 3 is 2.25 bits per heavy atom. The molecule has 3 rings (SSSR count). The summed E-state index contributed by atoms with van der Waals surface area (Å²) in [7, 11) is 0. The fourth-order valence-electron chi connectivity index (χ4n) is 2.95. The van der Waals surface area contributed by atoms with Crippen LogP contribution in [0.2, 0.25) is 0 Å². The van der Waals surface area contributed by atoms with Crippen LogP contribution in [0.25, 0.3) is 0 Å². The number of carbonyl (C=O) groups is 1. The molecule has 1 aliphatic rings. The molecule has 0 saturated carbocycles. The van der Waals surface area contributed by atoms with Crippen molar-refractivity contribution in [3.63, 3.8) is 0 Å². The highest BCUT2D eigenvalue weighted by Gasteiger charge is 2.25. The average molecular weight is 325 g/mol. The van der Waals surface area contributed by atoms with Crippen LogP contribution in [-0.2, 0) is 4.79 Å². The summed E-state index contributed by atoms with van der Waals surface area (Å²) >= 11 is 0. The predicted molar refractivity (Wildman–Crippen MR) is 93.1 cm³/mol. The minimum Gasteiger partial charge on any atom is -0.371 e. The van der Waals surface area contributed by atoms with Gasteiger partial charge in [0.25, 0.3) is 5.69 Å². The maximum absolute atomic E-state index is 12.3. The Hall–Kier alpha value is -2.89. The van der Waals surface area contributed by atoms with E-state index in [1.54, 1.807) is 12.1 Å². The SMILES string of the molecule is O=C(Nc1ccccc1)C1CCN(c2ccc([N+](=O)[O-])cc2)CC1. The van der Waals surface area contributed by atoms with E-state index in [2.05, 4.69) is 10.2 Å². The largest absolute Gasteiger partial charge is 0.371 e. The van der Waals surface area contributed by atoms with E-state index in [-0.39, 0.29) is 17.5 Å². The summed E-state index contributed by atoms with van der Waals surface area (Å²) in [6, 6.07) is 16.0. The first-order valence-electron chi connectivity index (χ1n) is 7.99. The van der Waals surface area contributed by atoms with Gasteiger partial charge in [-0.05, 0) is 37.1 Å². The van der Waals surface area contributed by atoms with Crippen molar-refractivity contribution in [2.24, 2.45) is 5.92 Å². The number of nitrogens with one attached hydrogen (secondary N) is 1. The van der Waals surface area contributed by atoms with E-state index in [0.717, 1.165) is 37.3 Å². The monoisotopic (exact) mass is 325 g/mol. The van der Waals surface area contributed by atoms with Crippen molar-refractivity contribution >= 4 is 23.0 Å². The van der Waals surface area contributed by atoms with Gasteiger partial charge in [-0.25, -0.2) is 0 Å². The minimum atomic E-state index is -0.399. The minimum absolute atomic E-state index is 0.000459. The van der Waals surface area contributed by atoms with Gasteiger partial charge in [0, 0.05) is 42.5 Å². The van der Waals surface area contributed by atoms with Gasteiger partial charge in [0.15, 0.2) is 0 Å². The number of para-hydroxylation sites is 1. The van der Waals surface area contributed by atoms with Crippen LogP contribution in [0.15, 0.2) is 54.6 Å². The Kier molecular flexibility index (Phi) is 4.74. The molecule has 0 radical (unpaired) electrons. The number of hydrogen-bond acceptors (Lipinski definition) is 4. The second-order valence-electron chi connectivity index (χ2n) is 5.89. The van der Waals surface area contributed by atoms with Gasteiger partial charge >= 0.3 is 0 Å². The number of nitro groups is 1. The quantitative estimate of drug-likeness (QED) is 0.690. The fraction of sp³-hybridized carbons (Fsp3) is 0.278. The molecule has 1 fully saturated rings. The summed E-state index contributed by atoms with van der Waals surface area (Å²) in [4.78, 5) is 24.8. The topological polar surface area (TPSA) is 75.5 Å². The fourth-order valence-corrected chi connectivity index (χ4v) is 2.95. The zero-order chi connectivity index (χ0) is 16.9. The molecule has 1 amide bonds. The van der Waals surface area contributed by atoms with Crippen molar-refractivity contribution in [1.29, 1.82) is 0 Å². The lowest BCUT2D eigenvalue weighted by atomic mass is 9.95. The molecule has 6 heteroatoms. The van der Waals surface area contributed by atoms with E-state index in [4.69, 9.17) is 0 Å². The van der Waals surface area contributed by atoms with Crippen LogP contribution in [0.3, 0.4) is 0 Å². The molecule has 1 aliphatic heterocycles. The summed E-state index contributed by atoms with van der Waals surface area (Å²) < 4.78 is 0. The number of amides is 1. The summed E-state index contributed by atoms with van der Waals surface area (Å²) in [5.41, 5.74) is 1.87. The molecule has 2 aromatic carbocycles. The number of piperidine rings is 1. The van der Waals surface area contributed by atoms with Gasteiger partial charge in [-0.1, -0.05) is 18.2 Å². The molecule has 0 aliphatic carbocycles. The van der Waals surface area contributed by atoms with E-state index >= 15 is 0 Å². The van der Waals surface area contributed by atoms with Crippen LogP contribution in [-0.4, -0.2) is 23.9 Å². The van der Waals surface area contributed by atoms with Crippen LogP contribution in [0, 0.1) is 16.0 Å². The number of anilines is 2. The number of hydrogen-bond donors (Lipinski definition) is 1. The summed E-state index contributed by atoms with van der Waals surface area (Å²) in [6.45, 7) is 1.54. The van der Waals surface area contributed by atoms with Crippen LogP contribution in [0.5, 0.6) is 0 Å². The number of non-ortho nitro benzene ring substituents is 1. The van der Waals surface area contributed by atoms with Crippen LogP contribution in [0.4, 0.5) is 17.1 Å². The first kappa shape index (κ1) is 16.0. The molecule has 1 N–H and O–H groups in total. The molecular formula is C18H19N3O3. The lowest BCUT2D eigenvalue weighted by molar-refractivity contribution is -0.384. The Bertz CT molecular complexity index is 708. The third-order valence-corrected chi connectivity index (χ3v) is 4.33. The number of nitrogens with zero attached hydrogens (tertiary/aromatic N) is 2. The molecule has 2 aromatic rings. The Morgan fingerprint density at radius 2 is 1.67 bits per heavy atom. The highest BCUT2D eigenvalue weighted by atomic mass is 16.6. The van der Waals surface area contributed by atoms with Gasteiger partial charge in [0.1, 0.15) is 0 Å². The smallest absolute Gasteiger partial charge is 0.269 e. The van der Waals surface area contributed by atoms with E-state index < -0.39 is 4.92 Å². The molecule has 24 heavy (non-hydrogen) atoms. The lowest BCUT2D eigenvalue weighted by Crippen LogP contribution is -2.38. The van der Waals surface area contributed by atoms with Crippen molar-refractivity contribution in [1.82, 2.24) is 0 Å². The maximum atomic E-state index is 12.3. The Labute approximate surface area is 140 Å². The van der Waals surface area contributed by atoms with Gasteiger partial charge < -0.3 is 10.2 Å². The lowest BCUT2D eigenvalue weighted by Gasteiger charge is -2.33. The van der Waals surface area contributed by atoms with Crippen molar-refractivity contribution in [3.05, 3.63) is 64.7 Å². The molecule has 0 aromatic heterocycles. The van der Waals surface area contributed by atoms with Crippen LogP contribution in [0.1, 0.15) is 12.8 Å². The van der Waals surface area contributed by atoms with E-state index in [1.165, 1.54) is 12.1 Å². The first-order valence-corrected chi connectivity index (χ1v) is 7.99. The molecule has 0 unspecified atom stereocenters. The predicted octanol–water partition coefficient (Wildman–Crippen LogP) is 3.45. The van der Waals surface area contributed by atoms with Gasteiger partial charge in [-0.2, -0.15) is 0 Å². The standard InChI is InChI=1S/C18H19N3O3/c22-18(19-15-4-2-1-3-5-15)14-10-12-20(13-11-14)16-6-8-17(9-7-16)21(23)24/h1-9,14H,10-13H2,(H,19,22). The summed E-state index contributed by atoms with van der Waals surface area (Å²) in [6.07, 6.45) is 1.55. The first-order chi connectivity index (χ1) is 11.6. The van der Waals surface area contributed by atoms with Gasteiger partial charge in [-0.3, -0.25) is 14.9 Å². The third-order valence-electron chi connectivity index (χ3n) is 4.33. The average Bonchev–Trinajstić information content (AvgIpc) is 2.63. The van der Waals surface area contributed by atoms with Gasteiger partial charge in [0.2, 0.25) is 5.91 Å². The molecule has 0 bridgehead atoms. The number of rotatable bonds is 4. The highest BCUT2D eigenvalue weighted by Crippen LogP contribution is 2.26. The Balaban J connectivity index is 1.55. The van der Waals surface area contributed by atoms with Crippen molar-refractivity contribution < 1.29 is 9.72 Å². The highest BCUT2D eigenvalue weighted by molar-refractivity contribution is 5.92. The van der Waals surface area contributed by atoms with Crippen LogP contribution >= 0.6 is 0 Å². The summed E-state index contributed by atoms with van der Waals surface area (Å²) in [5, 5.41) is 13.7. The zero-order valence-corrected chi connectivity index (χ0v) is 13.2. The number of nitro benzene ring substituents is 1. The third kappa shape index (κ3) is 3.71. The Morgan fingerprint density at radius 1 is 1.04 bits per heavy atom. The maximum Gasteiger partial charge on any atom is 0.269 e. The van der Waals surface area contributed by atoms with Crippen LogP contribution < -0.4 is 10.2 Å². The normalized spacial score (nSPS) is 15.1. The van der Waals surface area contributed by atoms with Crippen molar-refractivity contribution in [2.45, 2.75) is 12.8 Å². The van der Waals surface area contributed by atoms with Crippen molar-refractivity contribution in [2.75, 3.05) is 23.3 Å². The molecular weight excluding hydrogens is 306 g/mol. The molecule has 1 heterocycles. The second-order valence-corrected chi connectivity index (χ2v) is 5.89.